The lowest BCUT2D eigenvalue weighted by atomic mass is 10.2. The van der Waals surface area contributed by atoms with E-state index < -0.39 is 8.32 Å². The van der Waals surface area contributed by atoms with E-state index in [4.69, 9.17) is 9.16 Å². The Morgan fingerprint density at radius 3 is 2.79 bits per heavy atom. The predicted molar refractivity (Wildman–Crippen MR) is 112 cm³/mol. The maximum absolute atomic E-state index is 13.0. The molecule has 1 fully saturated rings. The zero-order valence-corrected chi connectivity index (χ0v) is 18.9. The second-order valence-electron chi connectivity index (χ2n) is 9.37. The molecule has 1 amide bonds. The van der Waals surface area contributed by atoms with E-state index in [0.29, 0.717) is 6.54 Å². The van der Waals surface area contributed by atoms with Crippen molar-refractivity contribution in [3.05, 3.63) is 37.3 Å². The van der Waals surface area contributed by atoms with Crippen molar-refractivity contribution in [3.63, 3.8) is 0 Å². The first kappa shape index (κ1) is 20.8. The Labute approximate surface area is 168 Å². The second kappa shape index (κ2) is 7.17. The number of hydrogen-bond donors (Lipinski definition) is 0. The minimum absolute atomic E-state index is 0.00227. The number of nitrogens with zero attached hydrogens (tertiary/aromatic N) is 4. The Morgan fingerprint density at radius 1 is 1.43 bits per heavy atom. The van der Waals surface area contributed by atoms with Crippen molar-refractivity contribution < 1.29 is 18.4 Å². The number of carbonyl (C=O) groups is 1. The highest BCUT2D eigenvalue weighted by atomic mass is 28.4. The summed E-state index contributed by atoms with van der Waals surface area (Å²) in [6.45, 7) is 15.7. The molecule has 0 N–H and O–H groups in total. The fourth-order valence-corrected chi connectivity index (χ4v) is 5.08. The van der Waals surface area contributed by atoms with Crippen molar-refractivity contribution in [2.45, 2.75) is 57.6 Å². The van der Waals surface area contributed by atoms with Gasteiger partial charge in [-0.1, -0.05) is 33.4 Å². The molecule has 1 aliphatic heterocycles. The molecule has 8 heteroatoms. The summed E-state index contributed by atoms with van der Waals surface area (Å²) in [7, 11) is -0.0103. The number of aromatic nitrogens is 3. The van der Waals surface area contributed by atoms with Gasteiger partial charge in [-0.05, 0) is 18.1 Å². The highest BCUT2D eigenvalue weighted by Gasteiger charge is 2.54. The summed E-state index contributed by atoms with van der Waals surface area (Å²) in [6.07, 6.45) is 7.66. The van der Waals surface area contributed by atoms with E-state index in [-0.39, 0.29) is 34.5 Å². The maximum Gasteiger partial charge on any atom is 0.517 e. The number of hydrogen-bond acceptors (Lipinski definition) is 4. The van der Waals surface area contributed by atoms with E-state index >= 15 is 0 Å². The lowest BCUT2D eigenvalue weighted by molar-refractivity contribution is -0.866. The standard InChI is InChI=1S/C20H33N4O3Si/c1-8-13-26-19(25)24(5)15-16(27-28(6,7)20(2,3)4)14-18(24)22-11-12-23-17(22)9-10-21-23/h8-12,16,18H,1,13-15H2,2-7H3/q+1/t16-,18+,24?/m1/s1. The summed E-state index contributed by atoms with van der Waals surface area (Å²) < 4.78 is 16.3. The summed E-state index contributed by atoms with van der Waals surface area (Å²) in [5, 5.41) is 4.41. The number of imidazole rings is 1. The normalized spacial score (nSPS) is 25.9. The van der Waals surface area contributed by atoms with Gasteiger partial charge in [-0.3, -0.25) is 4.57 Å². The average molecular weight is 406 g/mol. The number of amides is 1. The first-order valence-corrected chi connectivity index (χ1v) is 12.7. The average Bonchev–Trinajstić information content (AvgIpc) is 3.26. The number of likely N-dealkylation sites (tertiary alicyclic amines) is 1. The molecule has 0 spiro atoms. The minimum Gasteiger partial charge on any atom is -0.416 e. The molecule has 3 rings (SSSR count). The van der Waals surface area contributed by atoms with E-state index in [9.17, 15) is 4.79 Å². The molecule has 1 unspecified atom stereocenters. The Morgan fingerprint density at radius 2 is 2.14 bits per heavy atom. The molecule has 0 aliphatic carbocycles. The first-order chi connectivity index (χ1) is 13.0. The van der Waals surface area contributed by atoms with Crippen LogP contribution in [0.1, 0.15) is 33.4 Å². The van der Waals surface area contributed by atoms with E-state index in [2.05, 4.69) is 50.1 Å². The molecule has 0 bridgehead atoms. The Hall–Kier alpha value is -1.90. The lowest BCUT2D eigenvalue weighted by Gasteiger charge is -2.38. The monoisotopic (exact) mass is 405 g/mol. The number of ether oxygens (including phenoxy) is 1. The molecule has 154 valence electrons. The molecule has 2 aromatic rings. The molecular formula is C20H33N4O3Si+. The zero-order valence-electron chi connectivity index (χ0n) is 17.9. The molecule has 1 aliphatic rings. The maximum atomic E-state index is 13.0. The summed E-state index contributed by atoms with van der Waals surface area (Å²) in [5.41, 5.74) is 0.957. The van der Waals surface area contributed by atoms with Crippen molar-refractivity contribution in [1.82, 2.24) is 14.2 Å². The van der Waals surface area contributed by atoms with Gasteiger partial charge in [0, 0.05) is 18.5 Å². The van der Waals surface area contributed by atoms with Crippen LogP contribution in [-0.4, -0.2) is 59.4 Å². The second-order valence-corrected chi connectivity index (χ2v) is 14.1. The topological polar surface area (TPSA) is 57.8 Å². The van der Waals surface area contributed by atoms with Crippen LogP contribution in [0.3, 0.4) is 0 Å². The molecule has 7 nitrogen and oxygen atoms in total. The fourth-order valence-electron chi connectivity index (χ4n) is 3.72. The third kappa shape index (κ3) is 3.56. The van der Waals surface area contributed by atoms with Crippen molar-refractivity contribution in [1.29, 1.82) is 0 Å². The van der Waals surface area contributed by atoms with Gasteiger partial charge in [0.15, 0.2) is 14.5 Å². The lowest BCUT2D eigenvalue weighted by Crippen LogP contribution is -2.52. The van der Waals surface area contributed by atoms with Crippen molar-refractivity contribution >= 4 is 20.1 Å². The van der Waals surface area contributed by atoms with E-state index in [1.54, 1.807) is 12.3 Å². The third-order valence-corrected chi connectivity index (χ3v) is 10.9. The van der Waals surface area contributed by atoms with Gasteiger partial charge in [-0.2, -0.15) is 9.89 Å². The minimum atomic E-state index is -1.95. The van der Waals surface area contributed by atoms with Gasteiger partial charge >= 0.3 is 6.09 Å². The molecule has 28 heavy (non-hydrogen) atoms. The first-order valence-electron chi connectivity index (χ1n) is 9.81. The molecule has 3 atom stereocenters. The summed E-state index contributed by atoms with van der Waals surface area (Å²) in [6, 6.07) is 1.96. The highest BCUT2D eigenvalue weighted by molar-refractivity contribution is 6.74. The number of carbonyl (C=O) groups excluding carboxylic acids is 1. The van der Waals surface area contributed by atoms with E-state index in [0.717, 1.165) is 12.1 Å². The van der Waals surface area contributed by atoms with Gasteiger partial charge in [0.1, 0.15) is 24.9 Å². The van der Waals surface area contributed by atoms with Crippen LogP contribution in [0.4, 0.5) is 4.79 Å². The van der Waals surface area contributed by atoms with Gasteiger partial charge in [-0.15, -0.1) is 0 Å². The molecule has 3 heterocycles. The molecule has 0 aromatic carbocycles. The third-order valence-electron chi connectivity index (χ3n) is 6.33. The van der Waals surface area contributed by atoms with Gasteiger partial charge in [-0.25, -0.2) is 9.00 Å². The van der Waals surface area contributed by atoms with E-state index in [1.165, 1.54) is 0 Å². The van der Waals surface area contributed by atoms with Crippen LogP contribution < -0.4 is 0 Å². The molecular weight excluding hydrogens is 372 g/mol. The number of quaternary nitrogens is 1. The summed E-state index contributed by atoms with van der Waals surface area (Å²) >= 11 is 0. The number of rotatable bonds is 5. The SMILES string of the molecule is C=CCOC(=O)[N+]1(C)C[C@H](O[Si](C)(C)C(C)(C)C)C[C@H]1n1ccn2nccc12. The Kier molecular flexibility index (Phi) is 5.33. The van der Waals surface area contributed by atoms with Gasteiger partial charge in [0.05, 0.1) is 19.7 Å². The number of fused-ring (bicyclic) bond motifs is 1. The van der Waals surface area contributed by atoms with Crippen LogP contribution in [0, 0.1) is 0 Å². The van der Waals surface area contributed by atoms with Crippen LogP contribution in [-0.2, 0) is 9.16 Å². The zero-order chi connectivity index (χ0) is 20.7. The molecule has 0 radical (unpaired) electrons. The van der Waals surface area contributed by atoms with Crippen LogP contribution in [0.5, 0.6) is 0 Å². The van der Waals surface area contributed by atoms with Gasteiger partial charge in [0.25, 0.3) is 0 Å². The predicted octanol–water partition coefficient (Wildman–Crippen LogP) is 4.20. The molecule has 1 saturated heterocycles. The summed E-state index contributed by atoms with van der Waals surface area (Å²) in [5.74, 6) is 0. The molecule has 2 aromatic heterocycles. The summed E-state index contributed by atoms with van der Waals surface area (Å²) in [4.78, 5) is 13.0. The highest BCUT2D eigenvalue weighted by Crippen LogP contribution is 2.42. The van der Waals surface area contributed by atoms with Crippen molar-refractivity contribution in [2.24, 2.45) is 0 Å². The van der Waals surface area contributed by atoms with Crippen molar-refractivity contribution in [3.8, 4) is 0 Å². The fraction of sp³-hybridized carbons (Fsp3) is 0.600. The van der Waals surface area contributed by atoms with Crippen LogP contribution in [0.15, 0.2) is 37.3 Å². The molecule has 0 saturated carbocycles. The van der Waals surface area contributed by atoms with E-state index in [1.807, 2.05) is 30.0 Å². The number of likely N-dealkylation sites (N-methyl/N-ethyl adjacent to an activating group) is 1. The largest absolute Gasteiger partial charge is 0.517 e. The van der Waals surface area contributed by atoms with Crippen molar-refractivity contribution in [2.75, 3.05) is 20.2 Å². The van der Waals surface area contributed by atoms with Crippen LogP contribution in [0.25, 0.3) is 5.65 Å². The Balaban J connectivity index is 1.94. The quantitative estimate of drug-likeness (QED) is 0.425. The van der Waals surface area contributed by atoms with Gasteiger partial charge in [0.2, 0.25) is 0 Å². The Bertz CT molecular complexity index is 866. The van der Waals surface area contributed by atoms with Crippen LogP contribution >= 0.6 is 0 Å². The van der Waals surface area contributed by atoms with Crippen LogP contribution in [0.2, 0.25) is 18.1 Å². The van der Waals surface area contributed by atoms with Gasteiger partial charge < -0.3 is 9.16 Å². The smallest absolute Gasteiger partial charge is 0.416 e.